The number of fused-ring (bicyclic) bond motifs is 1. The second-order valence-electron chi connectivity index (χ2n) is 2.94. The van der Waals surface area contributed by atoms with Gasteiger partial charge >= 0.3 is 4.87 Å². The molecule has 1 aromatic heterocycles. The van der Waals surface area contributed by atoms with Crippen molar-refractivity contribution >= 4 is 21.6 Å². The van der Waals surface area contributed by atoms with Crippen LogP contribution in [0.1, 0.15) is 6.42 Å². The predicted molar refractivity (Wildman–Crippen MR) is 59.5 cm³/mol. The Morgan fingerprint density at radius 3 is 3.00 bits per heavy atom. The highest BCUT2D eigenvalue weighted by molar-refractivity contribution is 7.16. The topological polar surface area (TPSA) is 22.0 Å². The van der Waals surface area contributed by atoms with Gasteiger partial charge in [0.15, 0.2) is 0 Å². The maximum Gasteiger partial charge on any atom is 0.308 e. The molecular formula is C11H9NOS. The SMILES string of the molecule is C#CCCn1c(=O)sc2ccccc21. The highest BCUT2D eigenvalue weighted by atomic mass is 32.1. The molecule has 0 saturated heterocycles. The number of aryl methyl sites for hydroxylation is 1. The third kappa shape index (κ3) is 1.45. The third-order valence-corrected chi connectivity index (χ3v) is 3.01. The molecule has 2 nitrogen and oxygen atoms in total. The fraction of sp³-hybridized carbons (Fsp3) is 0.182. The Labute approximate surface area is 85.8 Å². The van der Waals surface area contributed by atoms with Gasteiger partial charge in [-0.25, -0.2) is 0 Å². The molecule has 0 N–H and O–H groups in total. The molecule has 2 aromatic rings. The van der Waals surface area contributed by atoms with E-state index in [0.717, 1.165) is 10.2 Å². The molecule has 0 radical (unpaired) electrons. The Morgan fingerprint density at radius 1 is 1.43 bits per heavy atom. The summed E-state index contributed by atoms with van der Waals surface area (Å²) >= 11 is 1.27. The van der Waals surface area contributed by atoms with Crippen molar-refractivity contribution in [2.75, 3.05) is 0 Å². The van der Waals surface area contributed by atoms with E-state index in [9.17, 15) is 4.79 Å². The van der Waals surface area contributed by atoms with Crippen LogP contribution in [-0.2, 0) is 6.54 Å². The summed E-state index contributed by atoms with van der Waals surface area (Å²) in [4.78, 5) is 11.6. The average Bonchev–Trinajstić information content (AvgIpc) is 2.51. The quantitative estimate of drug-likeness (QED) is 0.685. The Bertz CT molecular complexity index is 544. The van der Waals surface area contributed by atoms with Crippen LogP contribution >= 0.6 is 11.3 Å². The molecule has 0 atom stereocenters. The molecule has 0 amide bonds. The van der Waals surface area contributed by atoms with Gasteiger partial charge in [-0.3, -0.25) is 9.36 Å². The molecule has 0 aliphatic heterocycles. The number of aromatic nitrogens is 1. The average molecular weight is 203 g/mol. The van der Waals surface area contributed by atoms with Crippen molar-refractivity contribution in [2.24, 2.45) is 0 Å². The van der Waals surface area contributed by atoms with Crippen LogP contribution in [0.2, 0.25) is 0 Å². The number of rotatable bonds is 2. The summed E-state index contributed by atoms with van der Waals surface area (Å²) in [6.45, 7) is 0.610. The van der Waals surface area contributed by atoms with Crippen molar-refractivity contribution in [1.82, 2.24) is 4.57 Å². The lowest BCUT2D eigenvalue weighted by molar-refractivity contribution is 0.733. The minimum Gasteiger partial charge on any atom is -0.298 e. The van der Waals surface area contributed by atoms with Crippen molar-refractivity contribution in [2.45, 2.75) is 13.0 Å². The zero-order valence-electron chi connectivity index (χ0n) is 7.56. The number of nitrogens with zero attached hydrogens (tertiary/aromatic N) is 1. The van der Waals surface area contributed by atoms with Gasteiger partial charge in [0, 0.05) is 13.0 Å². The van der Waals surface area contributed by atoms with Gasteiger partial charge in [-0.2, -0.15) is 0 Å². The Hall–Kier alpha value is -1.53. The fourth-order valence-corrected chi connectivity index (χ4v) is 2.32. The molecule has 3 heteroatoms. The smallest absolute Gasteiger partial charge is 0.298 e. The monoisotopic (exact) mass is 203 g/mol. The number of benzene rings is 1. The molecule has 0 spiro atoms. The molecule has 0 unspecified atom stereocenters. The van der Waals surface area contributed by atoms with Crippen LogP contribution in [0.15, 0.2) is 29.1 Å². The van der Waals surface area contributed by atoms with Gasteiger partial charge in [-0.1, -0.05) is 23.5 Å². The first-order valence-corrected chi connectivity index (χ1v) is 5.16. The van der Waals surface area contributed by atoms with E-state index in [1.54, 1.807) is 4.57 Å². The van der Waals surface area contributed by atoms with Gasteiger partial charge in [0.25, 0.3) is 0 Å². The van der Waals surface area contributed by atoms with E-state index in [2.05, 4.69) is 5.92 Å². The number of thiazole rings is 1. The highest BCUT2D eigenvalue weighted by Gasteiger charge is 2.04. The van der Waals surface area contributed by atoms with Crippen molar-refractivity contribution in [3.8, 4) is 12.3 Å². The van der Waals surface area contributed by atoms with Gasteiger partial charge in [-0.15, -0.1) is 12.3 Å². The second kappa shape index (κ2) is 3.69. The van der Waals surface area contributed by atoms with Crippen molar-refractivity contribution in [1.29, 1.82) is 0 Å². The standard InChI is InChI=1S/C11H9NOS/c1-2-3-8-12-9-6-4-5-7-10(9)14-11(12)13/h1,4-7H,3,8H2. The van der Waals surface area contributed by atoms with Crippen LogP contribution in [-0.4, -0.2) is 4.57 Å². The molecule has 0 aliphatic carbocycles. The first-order valence-electron chi connectivity index (χ1n) is 4.35. The lowest BCUT2D eigenvalue weighted by atomic mass is 10.3. The first kappa shape index (κ1) is 9.04. The van der Waals surface area contributed by atoms with E-state index in [4.69, 9.17) is 6.42 Å². The van der Waals surface area contributed by atoms with Crippen molar-refractivity contribution in [3.63, 3.8) is 0 Å². The molecule has 70 valence electrons. The van der Waals surface area contributed by atoms with Gasteiger partial charge < -0.3 is 0 Å². The van der Waals surface area contributed by atoms with Gasteiger partial charge in [0.2, 0.25) is 0 Å². The Morgan fingerprint density at radius 2 is 2.21 bits per heavy atom. The summed E-state index contributed by atoms with van der Waals surface area (Å²) in [7, 11) is 0. The van der Waals surface area contributed by atoms with E-state index in [0.29, 0.717) is 13.0 Å². The van der Waals surface area contributed by atoms with E-state index < -0.39 is 0 Å². The molecular weight excluding hydrogens is 194 g/mol. The van der Waals surface area contributed by atoms with Crippen LogP contribution in [0.3, 0.4) is 0 Å². The van der Waals surface area contributed by atoms with Gasteiger partial charge in [0.05, 0.1) is 10.2 Å². The third-order valence-electron chi connectivity index (χ3n) is 2.05. The zero-order chi connectivity index (χ0) is 9.97. The summed E-state index contributed by atoms with van der Waals surface area (Å²) in [6.07, 6.45) is 5.78. The number of para-hydroxylation sites is 1. The minimum absolute atomic E-state index is 0.0708. The van der Waals surface area contributed by atoms with Crippen LogP contribution in [0.4, 0.5) is 0 Å². The highest BCUT2D eigenvalue weighted by Crippen LogP contribution is 2.16. The Balaban J connectivity index is 2.58. The largest absolute Gasteiger partial charge is 0.308 e. The summed E-state index contributed by atoms with van der Waals surface area (Å²) in [6, 6.07) is 7.77. The molecule has 1 aromatic carbocycles. The Kier molecular flexibility index (Phi) is 2.38. The molecule has 2 rings (SSSR count). The molecule has 0 bridgehead atoms. The van der Waals surface area contributed by atoms with Gasteiger partial charge in [-0.05, 0) is 12.1 Å². The molecule has 0 saturated carbocycles. The van der Waals surface area contributed by atoms with Crippen LogP contribution in [0, 0.1) is 12.3 Å². The minimum atomic E-state index is 0.0708. The van der Waals surface area contributed by atoms with E-state index in [1.807, 2.05) is 24.3 Å². The normalized spacial score (nSPS) is 10.2. The van der Waals surface area contributed by atoms with E-state index in [1.165, 1.54) is 11.3 Å². The summed E-state index contributed by atoms with van der Waals surface area (Å²) in [5.41, 5.74) is 0.984. The lowest BCUT2D eigenvalue weighted by Crippen LogP contribution is -2.12. The molecule has 0 fully saturated rings. The lowest BCUT2D eigenvalue weighted by Gasteiger charge is -1.98. The van der Waals surface area contributed by atoms with Crippen molar-refractivity contribution in [3.05, 3.63) is 33.9 Å². The maximum atomic E-state index is 11.6. The predicted octanol–water partition coefficient (Wildman–Crippen LogP) is 2.09. The zero-order valence-corrected chi connectivity index (χ0v) is 8.38. The van der Waals surface area contributed by atoms with E-state index >= 15 is 0 Å². The van der Waals surface area contributed by atoms with Gasteiger partial charge in [0.1, 0.15) is 0 Å². The second-order valence-corrected chi connectivity index (χ2v) is 3.93. The maximum absolute atomic E-state index is 11.6. The molecule has 1 heterocycles. The summed E-state index contributed by atoms with van der Waals surface area (Å²) in [5.74, 6) is 2.54. The number of hydrogen-bond acceptors (Lipinski definition) is 2. The fourth-order valence-electron chi connectivity index (χ4n) is 1.40. The molecule has 14 heavy (non-hydrogen) atoms. The van der Waals surface area contributed by atoms with Crippen LogP contribution in [0.25, 0.3) is 10.2 Å². The van der Waals surface area contributed by atoms with E-state index in [-0.39, 0.29) is 4.87 Å². The van der Waals surface area contributed by atoms with Crippen LogP contribution in [0.5, 0.6) is 0 Å². The number of hydrogen-bond donors (Lipinski definition) is 0. The van der Waals surface area contributed by atoms with Crippen molar-refractivity contribution < 1.29 is 0 Å². The summed E-state index contributed by atoms with van der Waals surface area (Å²) in [5, 5.41) is 0. The van der Waals surface area contributed by atoms with Crippen LogP contribution < -0.4 is 4.87 Å². The number of terminal acetylenes is 1. The first-order chi connectivity index (χ1) is 6.83. The molecule has 0 aliphatic rings. The summed E-state index contributed by atoms with van der Waals surface area (Å²) < 4.78 is 2.76.